The van der Waals surface area contributed by atoms with E-state index in [1.165, 1.54) is 25.7 Å². The molecule has 1 aliphatic heterocycles. The maximum Gasteiger partial charge on any atom is 0.315 e. The van der Waals surface area contributed by atoms with E-state index in [9.17, 15) is 14.7 Å². The summed E-state index contributed by atoms with van der Waals surface area (Å²) < 4.78 is 21.7. The lowest BCUT2D eigenvalue weighted by molar-refractivity contribution is -0.202. The molecular weight excluding hydrogens is 431 g/mol. The molecule has 5 heteroatoms. The molecular formula is C29H41FO4. The van der Waals surface area contributed by atoms with E-state index in [0.717, 1.165) is 37.5 Å². The Kier molecular flexibility index (Phi) is 5.21. The van der Waals surface area contributed by atoms with Crippen molar-refractivity contribution in [1.29, 1.82) is 0 Å². The number of fused-ring (bicyclic) bond motifs is 2. The van der Waals surface area contributed by atoms with Crippen molar-refractivity contribution < 1.29 is 23.8 Å². The van der Waals surface area contributed by atoms with E-state index in [1.54, 1.807) is 0 Å². The van der Waals surface area contributed by atoms with Gasteiger partial charge in [-0.25, -0.2) is 4.39 Å². The largest absolute Gasteiger partial charge is 0.481 e. The number of ether oxygens (including phenoxy) is 1. The first-order valence-corrected chi connectivity index (χ1v) is 13.9. The zero-order chi connectivity index (χ0) is 24.0. The third-order valence-electron chi connectivity index (χ3n) is 11.9. The molecule has 0 radical (unpaired) electrons. The molecule has 10 atom stereocenters. The number of carboxylic acids is 1. The Morgan fingerprint density at radius 2 is 1.97 bits per heavy atom. The highest BCUT2D eigenvalue weighted by Gasteiger charge is 2.86. The molecule has 0 aromatic carbocycles. The molecule has 1 saturated heterocycles. The highest BCUT2D eigenvalue weighted by atomic mass is 19.1. The second kappa shape index (κ2) is 7.63. The van der Waals surface area contributed by atoms with Crippen LogP contribution in [0.25, 0.3) is 0 Å². The van der Waals surface area contributed by atoms with Gasteiger partial charge in [-0.05, 0) is 67.6 Å². The van der Waals surface area contributed by atoms with E-state index in [4.69, 9.17) is 4.74 Å². The van der Waals surface area contributed by atoms with Crippen LogP contribution in [-0.2, 0) is 14.3 Å². The van der Waals surface area contributed by atoms with Crippen LogP contribution in [0.4, 0.5) is 4.39 Å². The monoisotopic (exact) mass is 472 g/mol. The first kappa shape index (κ1) is 23.2. The Labute approximate surface area is 203 Å². The van der Waals surface area contributed by atoms with E-state index in [0.29, 0.717) is 30.6 Å². The molecule has 5 aliphatic carbocycles. The number of allylic oxidation sites excluding steroid dienone is 1. The second-order valence-corrected chi connectivity index (χ2v) is 13.2. The zero-order valence-electron chi connectivity index (χ0n) is 21.0. The van der Waals surface area contributed by atoms with Crippen LogP contribution in [0.3, 0.4) is 0 Å². The lowest BCUT2D eigenvalue weighted by atomic mass is 9.41. The van der Waals surface area contributed by atoms with Crippen molar-refractivity contribution in [2.75, 3.05) is 0 Å². The molecule has 6 rings (SSSR count). The summed E-state index contributed by atoms with van der Waals surface area (Å²) in [5, 5.41) is 11.1. The highest BCUT2D eigenvalue weighted by Crippen LogP contribution is 2.84. The third-order valence-corrected chi connectivity index (χ3v) is 11.9. The van der Waals surface area contributed by atoms with E-state index >= 15 is 4.39 Å². The summed E-state index contributed by atoms with van der Waals surface area (Å²) >= 11 is 0. The Hall–Kier alpha value is -1.23. The smallest absolute Gasteiger partial charge is 0.315 e. The summed E-state index contributed by atoms with van der Waals surface area (Å²) in [7, 11) is 0. The fourth-order valence-corrected chi connectivity index (χ4v) is 10.8. The van der Waals surface area contributed by atoms with Crippen molar-refractivity contribution in [3.8, 4) is 0 Å². The standard InChI is InChI=1S/C29H41FO4/c1-16(2)23-12-20-13-27(15-31)22-9-8-17(3)21(22)14-28(20,29(23,27)26(32)33)24-11-19(25(30)34-24)10-18-6-4-5-7-18/h12,15-22,24-25H,4-11,13-14H2,1-3H3,(H,32,33)/t17-,19+,20?,21-,22-,24-,25-,27?,28?,29+/m1/s1. The van der Waals surface area contributed by atoms with Crippen LogP contribution in [0.5, 0.6) is 0 Å². The minimum atomic E-state index is -1.32. The first-order chi connectivity index (χ1) is 16.2. The van der Waals surface area contributed by atoms with Gasteiger partial charge >= 0.3 is 5.97 Å². The first-order valence-electron chi connectivity index (χ1n) is 13.9. The molecule has 0 aromatic rings. The Balaban J connectivity index is 1.47. The molecule has 3 unspecified atom stereocenters. The van der Waals surface area contributed by atoms with Gasteiger partial charge in [0.15, 0.2) is 0 Å². The summed E-state index contributed by atoms with van der Waals surface area (Å²) in [6.45, 7) is 6.39. The van der Waals surface area contributed by atoms with Gasteiger partial charge in [-0.3, -0.25) is 4.79 Å². The van der Waals surface area contributed by atoms with Crippen molar-refractivity contribution in [3.63, 3.8) is 0 Å². The maximum atomic E-state index is 15.5. The number of carbonyl (C=O) groups is 2. The number of hydrogen-bond donors (Lipinski definition) is 1. The lowest BCUT2D eigenvalue weighted by Crippen LogP contribution is -2.65. The summed E-state index contributed by atoms with van der Waals surface area (Å²) in [6.07, 6.45) is 11.1. The minimum Gasteiger partial charge on any atom is -0.481 e. The van der Waals surface area contributed by atoms with Crippen LogP contribution < -0.4 is 0 Å². The Bertz CT molecular complexity index is 908. The molecule has 188 valence electrons. The van der Waals surface area contributed by atoms with Gasteiger partial charge in [-0.2, -0.15) is 0 Å². The molecule has 5 fully saturated rings. The molecule has 6 aliphatic rings. The van der Waals surface area contributed by atoms with Crippen LogP contribution in [-0.4, -0.2) is 29.8 Å². The normalized spacial score (nSPS) is 51.8. The quantitative estimate of drug-likeness (QED) is 0.370. The second-order valence-electron chi connectivity index (χ2n) is 13.2. The van der Waals surface area contributed by atoms with Gasteiger partial charge in [-0.1, -0.05) is 64.5 Å². The molecule has 34 heavy (non-hydrogen) atoms. The van der Waals surface area contributed by atoms with Gasteiger partial charge in [0.25, 0.3) is 0 Å². The zero-order valence-corrected chi connectivity index (χ0v) is 21.0. The maximum absolute atomic E-state index is 15.5. The van der Waals surface area contributed by atoms with Crippen LogP contribution in [0.1, 0.15) is 85.0 Å². The van der Waals surface area contributed by atoms with Crippen molar-refractivity contribution in [2.24, 2.45) is 57.7 Å². The number of carbonyl (C=O) groups excluding carboxylic acids is 1. The number of alkyl halides is 1. The van der Waals surface area contributed by atoms with Crippen molar-refractivity contribution in [2.45, 2.75) is 97.4 Å². The number of halogens is 1. The van der Waals surface area contributed by atoms with Gasteiger partial charge in [0.05, 0.1) is 11.5 Å². The average Bonchev–Trinajstić information content (AvgIpc) is 3.59. The third kappa shape index (κ3) is 2.53. The Morgan fingerprint density at radius 1 is 1.24 bits per heavy atom. The topological polar surface area (TPSA) is 63.6 Å². The number of aliphatic carboxylic acids is 1. The number of rotatable bonds is 6. The molecule has 4 bridgehead atoms. The molecule has 0 spiro atoms. The average molecular weight is 473 g/mol. The van der Waals surface area contributed by atoms with Crippen LogP contribution >= 0.6 is 0 Å². The lowest BCUT2D eigenvalue weighted by Gasteiger charge is -2.59. The SMILES string of the molecule is CC(C)C1=CC2CC3(C=O)[C@@H]4CC[C@@H](C)[C@H]4CC2([C@H]2C[C@H](CC4CCCC4)[C@H](F)O2)[C@]13C(=O)O. The molecule has 1 heterocycles. The molecule has 1 N–H and O–H groups in total. The van der Waals surface area contributed by atoms with Gasteiger partial charge in [0.1, 0.15) is 11.7 Å². The summed E-state index contributed by atoms with van der Waals surface area (Å²) in [5.74, 6) is 0.453. The molecule has 0 aromatic heterocycles. The van der Waals surface area contributed by atoms with Crippen LogP contribution in [0.15, 0.2) is 11.6 Å². The predicted octanol–water partition coefficient (Wildman–Crippen LogP) is 6.19. The fourth-order valence-electron chi connectivity index (χ4n) is 10.8. The number of aldehydes is 1. The van der Waals surface area contributed by atoms with E-state index in [-0.39, 0.29) is 23.7 Å². The van der Waals surface area contributed by atoms with E-state index in [2.05, 4.69) is 26.8 Å². The molecule has 4 saturated carbocycles. The molecule has 0 amide bonds. The van der Waals surface area contributed by atoms with Gasteiger partial charge in [0.2, 0.25) is 6.36 Å². The van der Waals surface area contributed by atoms with Gasteiger partial charge in [-0.15, -0.1) is 0 Å². The summed E-state index contributed by atoms with van der Waals surface area (Å²) in [5.41, 5.74) is -1.96. The van der Waals surface area contributed by atoms with Gasteiger partial charge < -0.3 is 14.6 Å². The summed E-state index contributed by atoms with van der Waals surface area (Å²) in [6, 6.07) is 0. The summed E-state index contributed by atoms with van der Waals surface area (Å²) in [4.78, 5) is 26.8. The van der Waals surface area contributed by atoms with E-state index < -0.39 is 34.7 Å². The minimum absolute atomic E-state index is 0.0218. The predicted molar refractivity (Wildman–Crippen MR) is 126 cm³/mol. The van der Waals surface area contributed by atoms with E-state index in [1.807, 2.05) is 0 Å². The Morgan fingerprint density at radius 3 is 2.62 bits per heavy atom. The van der Waals surface area contributed by atoms with Crippen molar-refractivity contribution in [3.05, 3.63) is 11.6 Å². The highest BCUT2D eigenvalue weighted by molar-refractivity contribution is 5.90. The van der Waals surface area contributed by atoms with Gasteiger partial charge in [0, 0.05) is 11.3 Å². The van der Waals surface area contributed by atoms with Crippen LogP contribution in [0.2, 0.25) is 0 Å². The van der Waals surface area contributed by atoms with Crippen LogP contribution in [0, 0.1) is 57.7 Å². The number of carboxylic acid groups (broad SMARTS) is 1. The molecule has 4 nitrogen and oxygen atoms in total. The number of hydrogen-bond acceptors (Lipinski definition) is 3. The fraction of sp³-hybridized carbons (Fsp3) is 0.862. The van der Waals surface area contributed by atoms with Crippen molar-refractivity contribution in [1.82, 2.24) is 0 Å². The van der Waals surface area contributed by atoms with Crippen molar-refractivity contribution >= 4 is 12.3 Å².